The Morgan fingerprint density at radius 2 is 1.57 bits per heavy atom. The fraction of sp³-hybridized carbons (Fsp3) is 0. The second kappa shape index (κ2) is 15.8. The van der Waals surface area contributed by atoms with E-state index in [1.165, 1.54) is 0 Å². The topological polar surface area (TPSA) is 107 Å². The molecular weight excluding hydrogens is 133 g/mol. The van der Waals surface area contributed by atoms with Gasteiger partial charge in [0.25, 0.3) is 0 Å². The normalized spacial score (nSPS) is 9.71. The van der Waals surface area contributed by atoms with E-state index >= 15 is 0 Å². The summed E-state index contributed by atoms with van der Waals surface area (Å²) < 4.78 is 24.1. The summed E-state index contributed by atoms with van der Waals surface area (Å²) in [6, 6.07) is 0. The maximum Gasteiger partial charge on any atom is 1.00 e. The molecular formula is H4NNaO4S. The first-order valence-corrected chi connectivity index (χ1v) is 1.81. The van der Waals surface area contributed by atoms with E-state index in [-0.39, 0.29) is 29.6 Å². The molecule has 0 aliphatic carbocycles. The molecule has 0 aliphatic rings. The average Bonchev–Trinajstić information content (AvgIpc) is 1.41. The van der Waals surface area contributed by atoms with Gasteiger partial charge in [-0.2, -0.15) is 0 Å². The predicted octanol–water partition coefficient (Wildman–Crippen LogP) is -4.32. The second-order valence-electron chi connectivity index (χ2n) is 0.217. The standard InChI is InChI=1S/H3NO.Na.H2O3S/c1-2;;1-4(2)3/h2H,1H2;;(H2,1,2,3)/q;+1;/p-1. The Bertz CT molecular complexity index is 34.7. The summed E-state index contributed by atoms with van der Waals surface area (Å²) in [6.45, 7) is 0. The van der Waals surface area contributed by atoms with E-state index in [9.17, 15) is 0 Å². The van der Waals surface area contributed by atoms with E-state index in [0.29, 0.717) is 0 Å². The van der Waals surface area contributed by atoms with Crippen LogP contribution >= 0.6 is 0 Å². The zero-order chi connectivity index (χ0) is 5.58. The van der Waals surface area contributed by atoms with Crippen molar-refractivity contribution in [2.75, 3.05) is 0 Å². The molecule has 0 radical (unpaired) electrons. The largest absolute Gasteiger partial charge is 1.00 e. The van der Waals surface area contributed by atoms with Crippen LogP contribution in [0.3, 0.4) is 0 Å². The van der Waals surface area contributed by atoms with E-state index in [1.54, 1.807) is 0 Å². The van der Waals surface area contributed by atoms with Crippen LogP contribution in [0, 0.1) is 0 Å². The number of rotatable bonds is 0. The second-order valence-corrected chi connectivity index (χ2v) is 0.651. The van der Waals surface area contributed by atoms with Gasteiger partial charge in [-0.05, 0) is 0 Å². The van der Waals surface area contributed by atoms with E-state index < -0.39 is 11.4 Å². The number of nitrogens with two attached hydrogens (primary N) is 1. The smallest absolute Gasteiger partial charge is 0.750 e. The van der Waals surface area contributed by atoms with Gasteiger partial charge in [-0.15, -0.1) is 0 Å². The molecule has 0 aromatic carbocycles. The van der Waals surface area contributed by atoms with Gasteiger partial charge in [0, 0.05) is 0 Å². The van der Waals surface area contributed by atoms with Gasteiger partial charge in [-0.25, -0.2) is 10.1 Å². The molecule has 1 unspecified atom stereocenters. The third kappa shape index (κ3) is 178. The van der Waals surface area contributed by atoms with Crippen molar-refractivity contribution in [1.29, 1.82) is 0 Å². The van der Waals surface area contributed by atoms with E-state index in [2.05, 4.69) is 5.90 Å². The summed E-state index contributed by atoms with van der Waals surface area (Å²) in [5.74, 6) is 3.50. The van der Waals surface area contributed by atoms with Gasteiger partial charge in [0.15, 0.2) is 0 Å². The Hall–Kier alpha value is 0.990. The minimum Gasteiger partial charge on any atom is -0.750 e. The zero-order valence-electron chi connectivity index (χ0n) is 3.70. The SMILES string of the molecule is NO.O=S([O-])O.[Na+]. The summed E-state index contributed by atoms with van der Waals surface area (Å²) in [6.07, 6.45) is 0. The van der Waals surface area contributed by atoms with Crippen molar-refractivity contribution < 1.29 is 48.1 Å². The van der Waals surface area contributed by atoms with Crippen molar-refractivity contribution in [1.82, 2.24) is 0 Å². The number of hydrogen-bond donors (Lipinski definition) is 3. The molecule has 0 amide bonds. The molecule has 5 nitrogen and oxygen atoms in total. The predicted molar refractivity (Wildman–Crippen MR) is 17.5 cm³/mol. The summed E-state index contributed by atoms with van der Waals surface area (Å²) in [5.41, 5.74) is 0. The zero-order valence-corrected chi connectivity index (χ0v) is 6.51. The monoisotopic (exact) mass is 137 g/mol. The van der Waals surface area contributed by atoms with Gasteiger partial charge in [0.05, 0.1) is 11.4 Å². The molecule has 7 heteroatoms. The molecule has 0 aliphatic heterocycles. The maximum absolute atomic E-state index is 8.56. The van der Waals surface area contributed by atoms with Gasteiger partial charge >= 0.3 is 29.6 Å². The molecule has 0 aromatic rings. The molecule has 0 aromatic heterocycles. The Morgan fingerprint density at radius 1 is 1.57 bits per heavy atom. The van der Waals surface area contributed by atoms with Crippen molar-refractivity contribution >= 4 is 11.4 Å². The van der Waals surface area contributed by atoms with Crippen molar-refractivity contribution in [3.05, 3.63) is 0 Å². The first-order valence-electron chi connectivity index (χ1n) is 0.774. The van der Waals surface area contributed by atoms with Crippen LogP contribution in [0.5, 0.6) is 0 Å². The van der Waals surface area contributed by atoms with Gasteiger partial charge in [0.1, 0.15) is 0 Å². The molecule has 0 saturated carbocycles. The molecule has 0 bridgehead atoms. The van der Waals surface area contributed by atoms with Crippen LogP contribution < -0.4 is 35.5 Å². The van der Waals surface area contributed by atoms with Crippen LogP contribution in [0.4, 0.5) is 0 Å². The maximum atomic E-state index is 8.56. The van der Waals surface area contributed by atoms with Gasteiger partial charge in [-0.1, -0.05) is 0 Å². The van der Waals surface area contributed by atoms with Gasteiger partial charge in [-0.3, -0.25) is 0 Å². The third-order valence-corrected chi connectivity index (χ3v) is 0. The van der Waals surface area contributed by atoms with E-state index in [4.69, 9.17) is 18.5 Å². The first-order chi connectivity index (χ1) is 2.73. The average molecular weight is 137 g/mol. The summed E-state index contributed by atoms with van der Waals surface area (Å²) in [4.78, 5) is 0. The van der Waals surface area contributed by atoms with Crippen LogP contribution in [-0.2, 0) is 11.4 Å². The summed E-state index contributed by atoms with van der Waals surface area (Å²) >= 11 is -2.86. The molecule has 0 saturated heterocycles. The molecule has 4 N–H and O–H groups in total. The van der Waals surface area contributed by atoms with Crippen LogP contribution in [0.15, 0.2) is 0 Å². The molecule has 7 heavy (non-hydrogen) atoms. The van der Waals surface area contributed by atoms with Crippen molar-refractivity contribution in [2.45, 2.75) is 0 Å². The molecule has 0 rings (SSSR count). The van der Waals surface area contributed by atoms with Crippen LogP contribution in [-0.4, -0.2) is 18.5 Å². The van der Waals surface area contributed by atoms with Crippen molar-refractivity contribution in [2.24, 2.45) is 5.90 Å². The Balaban J connectivity index is -0.0000000480. The van der Waals surface area contributed by atoms with E-state index in [1.807, 2.05) is 0 Å². The Kier molecular flexibility index (Phi) is 35.3. The number of hydrogen-bond acceptors (Lipinski definition) is 4. The first kappa shape index (κ1) is 15.7. The summed E-state index contributed by atoms with van der Waals surface area (Å²) in [5, 5.41) is 6.50. The third-order valence-electron chi connectivity index (χ3n) is 0. The van der Waals surface area contributed by atoms with Crippen LogP contribution in [0.1, 0.15) is 0 Å². The molecule has 0 heterocycles. The molecule has 0 spiro atoms. The summed E-state index contributed by atoms with van der Waals surface area (Å²) in [7, 11) is 0. The van der Waals surface area contributed by atoms with Crippen molar-refractivity contribution in [3.63, 3.8) is 0 Å². The molecule has 40 valence electrons. The minimum atomic E-state index is -2.86. The van der Waals surface area contributed by atoms with Crippen molar-refractivity contribution in [3.8, 4) is 0 Å². The minimum absolute atomic E-state index is 0. The van der Waals surface area contributed by atoms with Crippen LogP contribution in [0.2, 0.25) is 0 Å². The fourth-order valence-corrected chi connectivity index (χ4v) is 0. The molecule has 0 fully saturated rings. The fourth-order valence-electron chi connectivity index (χ4n) is 0. The Labute approximate surface area is 65.3 Å². The van der Waals surface area contributed by atoms with Gasteiger partial charge < -0.3 is 14.3 Å². The van der Waals surface area contributed by atoms with Crippen LogP contribution in [0.25, 0.3) is 0 Å². The van der Waals surface area contributed by atoms with Gasteiger partial charge in [0.2, 0.25) is 0 Å². The quantitative estimate of drug-likeness (QED) is 0.178. The van der Waals surface area contributed by atoms with E-state index in [0.717, 1.165) is 0 Å². The molecule has 1 atom stereocenters. The Morgan fingerprint density at radius 3 is 1.57 bits per heavy atom.